The highest BCUT2D eigenvalue weighted by atomic mass is 35.5. The molecule has 1 heterocycles. The van der Waals surface area contributed by atoms with Crippen LogP contribution in [-0.4, -0.2) is 15.4 Å². The molecule has 15 heavy (non-hydrogen) atoms. The van der Waals surface area contributed by atoms with Gasteiger partial charge in [-0.15, -0.1) is 10.2 Å². The second-order valence-corrected chi connectivity index (χ2v) is 3.32. The zero-order valence-corrected chi connectivity index (χ0v) is 8.65. The fraction of sp³-hybridized carbons (Fsp3) is 0.100. The van der Waals surface area contributed by atoms with E-state index in [2.05, 4.69) is 10.2 Å². The lowest BCUT2D eigenvalue weighted by Crippen LogP contribution is -1.87. The van der Waals surface area contributed by atoms with Gasteiger partial charge in [0.05, 0.1) is 0 Å². The number of hydrogen-bond donors (Lipinski definition) is 0. The maximum absolute atomic E-state index is 10.8. The van der Waals surface area contributed by atoms with Crippen LogP contribution in [0.15, 0.2) is 28.7 Å². The van der Waals surface area contributed by atoms with Crippen LogP contribution < -0.4 is 0 Å². The maximum Gasteiger partial charge on any atom is 0.252 e. The lowest BCUT2D eigenvalue weighted by atomic mass is 10.1. The van der Waals surface area contributed by atoms with Crippen LogP contribution >= 0.6 is 11.6 Å². The molecule has 4 nitrogen and oxygen atoms in total. The largest absolute Gasteiger partial charge is 0.421 e. The van der Waals surface area contributed by atoms with Crippen molar-refractivity contribution in [2.75, 3.05) is 0 Å². The first-order valence-electron chi connectivity index (χ1n) is 4.27. The second kappa shape index (κ2) is 3.82. The zero-order chi connectivity index (χ0) is 10.8. The van der Waals surface area contributed by atoms with Crippen molar-refractivity contribution in [2.24, 2.45) is 0 Å². The van der Waals surface area contributed by atoms with E-state index in [-0.39, 0.29) is 0 Å². The van der Waals surface area contributed by atoms with Gasteiger partial charge in [0.25, 0.3) is 5.24 Å². The number of benzene rings is 1. The highest BCUT2D eigenvalue weighted by Gasteiger charge is 2.07. The van der Waals surface area contributed by atoms with Crippen LogP contribution in [0.3, 0.4) is 0 Å². The van der Waals surface area contributed by atoms with E-state index in [4.69, 9.17) is 16.0 Å². The molecule has 0 saturated heterocycles. The normalized spacial score (nSPS) is 10.3. The smallest absolute Gasteiger partial charge is 0.252 e. The summed E-state index contributed by atoms with van der Waals surface area (Å²) in [5.41, 5.74) is 1.20. The number of aryl methyl sites for hydroxylation is 1. The molecule has 1 aromatic heterocycles. The lowest BCUT2D eigenvalue weighted by molar-refractivity contribution is 0.108. The molecular formula is C10H7ClN2O2. The summed E-state index contributed by atoms with van der Waals surface area (Å²) >= 11 is 5.32. The molecule has 0 saturated carbocycles. The van der Waals surface area contributed by atoms with E-state index in [0.29, 0.717) is 17.3 Å². The fourth-order valence-corrected chi connectivity index (χ4v) is 1.28. The van der Waals surface area contributed by atoms with Crippen LogP contribution in [0.5, 0.6) is 0 Å². The van der Waals surface area contributed by atoms with E-state index in [0.717, 1.165) is 5.56 Å². The Morgan fingerprint density at radius 2 is 1.93 bits per heavy atom. The summed E-state index contributed by atoms with van der Waals surface area (Å²) in [7, 11) is 0. The molecule has 0 spiro atoms. The number of nitrogens with zero attached hydrogens (tertiary/aromatic N) is 2. The highest BCUT2D eigenvalue weighted by molar-refractivity contribution is 6.67. The van der Waals surface area contributed by atoms with Gasteiger partial charge < -0.3 is 4.42 Å². The summed E-state index contributed by atoms with van der Waals surface area (Å²) < 4.78 is 5.23. The molecule has 0 unspecified atom stereocenters. The topological polar surface area (TPSA) is 56.0 Å². The fourth-order valence-electron chi connectivity index (χ4n) is 1.16. The number of halogens is 1. The van der Waals surface area contributed by atoms with Crippen molar-refractivity contribution >= 4 is 16.8 Å². The van der Waals surface area contributed by atoms with Crippen molar-refractivity contribution in [1.29, 1.82) is 0 Å². The van der Waals surface area contributed by atoms with Gasteiger partial charge in [0.15, 0.2) is 0 Å². The van der Waals surface area contributed by atoms with Gasteiger partial charge in [-0.2, -0.15) is 0 Å². The quantitative estimate of drug-likeness (QED) is 0.733. The number of carbonyl (C=O) groups is 1. The Morgan fingerprint density at radius 3 is 2.40 bits per heavy atom. The van der Waals surface area contributed by atoms with Crippen molar-refractivity contribution in [1.82, 2.24) is 10.2 Å². The van der Waals surface area contributed by atoms with Crippen LogP contribution in [0.25, 0.3) is 11.5 Å². The van der Waals surface area contributed by atoms with E-state index in [1.54, 1.807) is 31.2 Å². The van der Waals surface area contributed by atoms with E-state index in [1.165, 1.54) is 0 Å². The third-order valence-electron chi connectivity index (χ3n) is 1.88. The van der Waals surface area contributed by atoms with Gasteiger partial charge in [0, 0.05) is 18.1 Å². The van der Waals surface area contributed by atoms with E-state index < -0.39 is 5.24 Å². The van der Waals surface area contributed by atoms with Gasteiger partial charge >= 0.3 is 0 Å². The molecule has 0 amide bonds. The van der Waals surface area contributed by atoms with Gasteiger partial charge in [-0.3, -0.25) is 4.79 Å². The first kappa shape index (κ1) is 9.86. The van der Waals surface area contributed by atoms with Crippen LogP contribution in [-0.2, 0) is 0 Å². The highest BCUT2D eigenvalue weighted by Crippen LogP contribution is 2.18. The summed E-state index contributed by atoms with van der Waals surface area (Å²) in [6, 6.07) is 6.65. The minimum absolute atomic E-state index is 0.432. The second-order valence-electron chi connectivity index (χ2n) is 2.98. The van der Waals surface area contributed by atoms with Crippen molar-refractivity contribution in [2.45, 2.75) is 6.92 Å². The number of carbonyl (C=O) groups excluding carboxylic acids is 1. The molecule has 0 fully saturated rings. The van der Waals surface area contributed by atoms with Gasteiger partial charge in [0.2, 0.25) is 11.8 Å². The molecule has 0 aliphatic rings. The van der Waals surface area contributed by atoms with Crippen LogP contribution in [0, 0.1) is 6.92 Å². The van der Waals surface area contributed by atoms with Crippen LogP contribution in [0.2, 0.25) is 0 Å². The third kappa shape index (κ3) is 2.05. The molecular weight excluding hydrogens is 216 g/mol. The lowest BCUT2D eigenvalue weighted by Gasteiger charge is -1.95. The van der Waals surface area contributed by atoms with Gasteiger partial charge in [0.1, 0.15) is 0 Å². The van der Waals surface area contributed by atoms with Crippen molar-refractivity contribution in [3.05, 3.63) is 35.7 Å². The summed E-state index contributed by atoms with van der Waals surface area (Å²) in [5, 5.41) is 7.08. The Morgan fingerprint density at radius 1 is 1.27 bits per heavy atom. The first-order chi connectivity index (χ1) is 7.16. The number of aromatic nitrogens is 2. The molecule has 0 aliphatic heterocycles. The average molecular weight is 223 g/mol. The molecule has 2 aromatic rings. The SMILES string of the molecule is Cc1nnc(-c2ccc(C(=O)Cl)cc2)o1. The molecule has 76 valence electrons. The monoisotopic (exact) mass is 222 g/mol. The van der Waals surface area contributed by atoms with Crippen molar-refractivity contribution in [3.8, 4) is 11.5 Å². The molecule has 0 N–H and O–H groups in total. The first-order valence-corrected chi connectivity index (χ1v) is 4.65. The summed E-state index contributed by atoms with van der Waals surface area (Å²) in [6.07, 6.45) is 0. The standard InChI is InChI=1S/C10H7ClN2O2/c1-6-12-13-10(15-6)8-4-2-7(3-5-8)9(11)14/h2-5H,1H3. The van der Waals surface area contributed by atoms with Crippen molar-refractivity contribution in [3.63, 3.8) is 0 Å². The van der Waals surface area contributed by atoms with E-state index in [1.807, 2.05) is 0 Å². The minimum Gasteiger partial charge on any atom is -0.421 e. The molecule has 5 heteroatoms. The van der Waals surface area contributed by atoms with Gasteiger partial charge in [-0.1, -0.05) is 0 Å². The summed E-state index contributed by atoms with van der Waals surface area (Å²) in [6.45, 7) is 1.72. The molecule has 0 bridgehead atoms. The third-order valence-corrected chi connectivity index (χ3v) is 2.10. The van der Waals surface area contributed by atoms with E-state index in [9.17, 15) is 4.79 Å². The molecule has 1 aromatic carbocycles. The molecule has 2 rings (SSSR count). The Balaban J connectivity index is 2.35. The zero-order valence-electron chi connectivity index (χ0n) is 7.90. The van der Waals surface area contributed by atoms with Gasteiger partial charge in [-0.25, -0.2) is 0 Å². The molecule has 0 atom stereocenters. The predicted molar refractivity (Wildman–Crippen MR) is 54.7 cm³/mol. The Labute approximate surface area is 90.9 Å². The van der Waals surface area contributed by atoms with E-state index >= 15 is 0 Å². The Kier molecular flexibility index (Phi) is 2.51. The maximum atomic E-state index is 10.8. The van der Waals surface area contributed by atoms with Gasteiger partial charge in [-0.05, 0) is 35.9 Å². The summed E-state index contributed by atoms with van der Waals surface area (Å²) in [5.74, 6) is 0.934. The van der Waals surface area contributed by atoms with Crippen LogP contribution in [0.1, 0.15) is 16.2 Å². The Hall–Kier alpha value is -1.68. The Bertz CT molecular complexity index is 490. The predicted octanol–water partition coefficient (Wildman–Crippen LogP) is 2.42. The average Bonchev–Trinajstić information content (AvgIpc) is 2.65. The minimum atomic E-state index is -0.483. The molecule has 0 aliphatic carbocycles. The number of hydrogen-bond acceptors (Lipinski definition) is 4. The van der Waals surface area contributed by atoms with Crippen molar-refractivity contribution < 1.29 is 9.21 Å². The summed E-state index contributed by atoms with van der Waals surface area (Å²) in [4.78, 5) is 10.8. The number of rotatable bonds is 2. The van der Waals surface area contributed by atoms with Crippen LogP contribution in [0.4, 0.5) is 0 Å². The molecule has 0 radical (unpaired) electrons.